The van der Waals surface area contributed by atoms with Gasteiger partial charge in [-0.05, 0) is 38.6 Å². The van der Waals surface area contributed by atoms with Gasteiger partial charge in [0.25, 0.3) is 0 Å². The number of likely N-dealkylation sites (tertiary alicyclic amines) is 1. The lowest BCUT2D eigenvalue weighted by molar-refractivity contribution is 0.145. The normalized spacial score (nSPS) is 32.2. The summed E-state index contributed by atoms with van der Waals surface area (Å²) in [6.45, 7) is 13.0. The van der Waals surface area contributed by atoms with Crippen LogP contribution >= 0.6 is 0 Å². The Morgan fingerprint density at radius 2 is 1.75 bits per heavy atom. The minimum Gasteiger partial charge on any atom is -0.297 e. The Kier molecular flexibility index (Phi) is 3.16. The van der Waals surface area contributed by atoms with Crippen LogP contribution in [0.2, 0.25) is 0 Å². The van der Waals surface area contributed by atoms with Gasteiger partial charge in [0.1, 0.15) is 0 Å². The van der Waals surface area contributed by atoms with Gasteiger partial charge in [0.2, 0.25) is 0 Å². The SMILES string of the molecule is CC(C)C1C(C)CCN1C(C)C. The van der Waals surface area contributed by atoms with Crippen molar-refractivity contribution in [2.45, 2.75) is 53.1 Å². The van der Waals surface area contributed by atoms with Crippen LogP contribution < -0.4 is 0 Å². The molecule has 0 radical (unpaired) electrons. The molecule has 1 aliphatic heterocycles. The largest absolute Gasteiger partial charge is 0.297 e. The Morgan fingerprint density at radius 1 is 1.17 bits per heavy atom. The van der Waals surface area contributed by atoms with E-state index in [-0.39, 0.29) is 0 Å². The van der Waals surface area contributed by atoms with Crippen molar-refractivity contribution in [2.24, 2.45) is 11.8 Å². The van der Waals surface area contributed by atoms with Crippen molar-refractivity contribution in [1.82, 2.24) is 4.90 Å². The predicted octanol–water partition coefficient (Wildman–Crippen LogP) is 2.76. The molecule has 0 aromatic rings. The van der Waals surface area contributed by atoms with Crippen molar-refractivity contribution in [3.63, 3.8) is 0 Å². The number of hydrogen-bond acceptors (Lipinski definition) is 1. The van der Waals surface area contributed by atoms with E-state index in [1.807, 2.05) is 0 Å². The van der Waals surface area contributed by atoms with Gasteiger partial charge in [-0.15, -0.1) is 0 Å². The quantitative estimate of drug-likeness (QED) is 0.614. The molecule has 2 unspecified atom stereocenters. The van der Waals surface area contributed by atoms with Crippen LogP contribution in [0.4, 0.5) is 0 Å². The first-order valence-corrected chi connectivity index (χ1v) is 5.29. The molecule has 1 rings (SSSR count). The second kappa shape index (κ2) is 3.78. The van der Waals surface area contributed by atoms with E-state index in [9.17, 15) is 0 Å². The average molecular weight is 169 g/mol. The van der Waals surface area contributed by atoms with Crippen LogP contribution in [0.5, 0.6) is 0 Å². The van der Waals surface area contributed by atoms with Crippen LogP contribution in [0.3, 0.4) is 0 Å². The van der Waals surface area contributed by atoms with Crippen LogP contribution in [0.25, 0.3) is 0 Å². The Labute approximate surface area is 77.1 Å². The average Bonchev–Trinajstić information content (AvgIpc) is 2.30. The Bertz CT molecular complexity index is 140. The summed E-state index contributed by atoms with van der Waals surface area (Å²) < 4.78 is 0. The molecular weight excluding hydrogens is 146 g/mol. The molecule has 72 valence electrons. The van der Waals surface area contributed by atoms with Crippen LogP contribution in [0.15, 0.2) is 0 Å². The standard InChI is InChI=1S/C11H23N/c1-8(2)11-10(5)6-7-12(11)9(3)4/h8-11H,6-7H2,1-5H3. The van der Waals surface area contributed by atoms with Crippen LogP contribution in [-0.4, -0.2) is 23.5 Å². The van der Waals surface area contributed by atoms with Gasteiger partial charge >= 0.3 is 0 Å². The lowest BCUT2D eigenvalue weighted by Gasteiger charge is -2.33. The molecule has 0 aromatic heterocycles. The summed E-state index contributed by atoms with van der Waals surface area (Å²) in [6.07, 6.45) is 1.39. The fourth-order valence-corrected chi connectivity index (χ4v) is 2.64. The van der Waals surface area contributed by atoms with Gasteiger partial charge in [-0.3, -0.25) is 4.90 Å². The first-order valence-electron chi connectivity index (χ1n) is 5.29. The molecule has 0 aromatic carbocycles. The van der Waals surface area contributed by atoms with Crippen LogP contribution in [0.1, 0.15) is 41.0 Å². The summed E-state index contributed by atoms with van der Waals surface area (Å²) in [7, 11) is 0. The fraction of sp³-hybridized carbons (Fsp3) is 1.00. The number of hydrogen-bond donors (Lipinski definition) is 0. The zero-order chi connectivity index (χ0) is 9.30. The summed E-state index contributed by atoms with van der Waals surface area (Å²) in [4.78, 5) is 2.66. The van der Waals surface area contributed by atoms with Crippen molar-refractivity contribution in [2.75, 3.05) is 6.54 Å². The molecule has 0 aliphatic carbocycles. The highest BCUT2D eigenvalue weighted by molar-refractivity contribution is 4.88. The first kappa shape index (κ1) is 10.0. The molecule has 1 heterocycles. The van der Waals surface area contributed by atoms with E-state index in [1.54, 1.807) is 0 Å². The van der Waals surface area contributed by atoms with Crippen molar-refractivity contribution >= 4 is 0 Å². The predicted molar refractivity (Wildman–Crippen MR) is 54.2 cm³/mol. The minimum absolute atomic E-state index is 0.724. The van der Waals surface area contributed by atoms with Crippen molar-refractivity contribution in [3.8, 4) is 0 Å². The van der Waals surface area contributed by atoms with Crippen LogP contribution in [-0.2, 0) is 0 Å². The Hall–Kier alpha value is -0.0400. The molecule has 1 fully saturated rings. The van der Waals surface area contributed by atoms with Crippen LogP contribution in [0, 0.1) is 11.8 Å². The maximum atomic E-state index is 2.66. The summed E-state index contributed by atoms with van der Waals surface area (Å²) in [5.41, 5.74) is 0. The lowest BCUT2D eigenvalue weighted by atomic mass is 9.92. The lowest BCUT2D eigenvalue weighted by Crippen LogP contribution is -2.40. The topological polar surface area (TPSA) is 3.24 Å². The number of nitrogens with zero attached hydrogens (tertiary/aromatic N) is 1. The molecule has 1 heteroatoms. The van der Waals surface area contributed by atoms with E-state index >= 15 is 0 Å². The maximum Gasteiger partial charge on any atom is 0.0147 e. The number of rotatable bonds is 2. The highest BCUT2D eigenvalue weighted by Crippen LogP contribution is 2.30. The molecule has 0 N–H and O–H groups in total. The molecule has 1 aliphatic rings. The van der Waals surface area contributed by atoms with Gasteiger partial charge in [-0.1, -0.05) is 20.8 Å². The first-order chi connectivity index (χ1) is 5.54. The summed E-state index contributed by atoms with van der Waals surface area (Å²) in [6, 6.07) is 1.55. The van der Waals surface area contributed by atoms with Gasteiger partial charge < -0.3 is 0 Å². The molecule has 1 nitrogen and oxygen atoms in total. The zero-order valence-electron chi connectivity index (χ0n) is 9.17. The fourth-order valence-electron chi connectivity index (χ4n) is 2.64. The third-order valence-corrected chi connectivity index (χ3v) is 3.15. The van der Waals surface area contributed by atoms with Gasteiger partial charge in [0.15, 0.2) is 0 Å². The second-order valence-corrected chi connectivity index (χ2v) is 4.83. The smallest absolute Gasteiger partial charge is 0.0147 e. The van der Waals surface area contributed by atoms with Crippen molar-refractivity contribution in [3.05, 3.63) is 0 Å². The minimum atomic E-state index is 0.724. The molecule has 2 atom stereocenters. The summed E-state index contributed by atoms with van der Waals surface area (Å²) in [5.74, 6) is 1.71. The van der Waals surface area contributed by atoms with E-state index in [0.29, 0.717) is 0 Å². The van der Waals surface area contributed by atoms with E-state index in [0.717, 1.165) is 23.9 Å². The summed E-state index contributed by atoms with van der Waals surface area (Å²) >= 11 is 0. The van der Waals surface area contributed by atoms with Crippen molar-refractivity contribution < 1.29 is 0 Å². The van der Waals surface area contributed by atoms with Gasteiger partial charge in [0, 0.05) is 12.1 Å². The molecule has 0 amide bonds. The van der Waals surface area contributed by atoms with E-state index in [2.05, 4.69) is 39.5 Å². The second-order valence-electron chi connectivity index (χ2n) is 4.83. The van der Waals surface area contributed by atoms with Gasteiger partial charge in [0.05, 0.1) is 0 Å². The highest BCUT2D eigenvalue weighted by atomic mass is 15.2. The van der Waals surface area contributed by atoms with Crippen molar-refractivity contribution in [1.29, 1.82) is 0 Å². The van der Waals surface area contributed by atoms with Gasteiger partial charge in [-0.25, -0.2) is 0 Å². The molecule has 0 bridgehead atoms. The molecule has 1 saturated heterocycles. The molecular formula is C11H23N. The molecule has 0 saturated carbocycles. The third-order valence-electron chi connectivity index (χ3n) is 3.15. The van der Waals surface area contributed by atoms with Gasteiger partial charge in [-0.2, -0.15) is 0 Å². The third kappa shape index (κ3) is 1.82. The highest BCUT2D eigenvalue weighted by Gasteiger charge is 2.34. The monoisotopic (exact) mass is 169 g/mol. The summed E-state index contributed by atoms with van der Waals surface area (Å²) in [5, 5.41) is 0. The Morgan fingerprint density at radius 3 is 2.08 bits per heavy atom. The maximum absolute atomic E-state index is 2.66. The van der Waals surface area contributed by atoms with E-state index in [1.165, 1.54) is 13.0 Å². The Balaban J connectivity index is 2.64. The van der Waals surface area contributed by atoms with E-state index < -0.39 is 0 Å². The molecule has 12 heavy (non-hydrogen) atoms. The molecule has 0 spiro atoms. The van der Waals surface area contributed by atoms with E-state index in [4.69, 9.17) is 0 Å². The zero-order valence-corrected chi connectivity index (χ0v) is 9.17.